The van der Waals surface area contributed by atoms with Crippen LogP contribution in [0.2, 0.25) is 10.0 Å². The number of para-hydroxylation sites is 1. The minimum absolute atomic E-state index is 0.0425. The van der Waals surface area contributed by atoms with Crippen molar-refractivity contribution < 1.29 is 9.59 Å². The number of carbonyl (C=O) groups is 2. The molecule has 36 heavy (non-hydrogen) atoms. The average molecular weight is 549 g/mol. The summed E-state index contributed by atoms with van der Waals surface area (Å²) in [6, 6.07) is 10.4. The summed E-state index contributed by atoms with van der Waals surface area (Å²) in [5.74, 6) is 0.482. The van der Waals surface area contributed by atoms with Gasteiger partial charge < -0.3 is 15.2 Å². The number of nitrogens with zero attached hydrogens (tertiary/aromatic N) is 3. The lowest BCUT2D eigenvalue weighted by molar-refractivity contribution is -0.113. The van der Waals surface area contributed by atoms with Crippen molar-refractivity contribution in [3.63, 3.8) is 0 Å². The molecule has 2 N–H and O–H groups in total. The Bertz CT molecular complexity index is 1250. The Balaban J connectivity index is 1.74. The maximum absolute atomic E-state index is 12.9. The molecule has 0 aliphatic heterocycles. The van der Waals surface area contributed by atoms with Gasteiger partial charge in [0.25, 0.3) is 5.91 Å². The van der Waals surface area contributed by atoms with Crippen LogP contribution >= 0.6 is 35.0 Å². The van der Waals surface area contributed by atoms with Gasteiger partial charge in [0, 0.05) is 17.8 Å². The number of halogens is 2. The summed E-state index contributed by atoms with van der Waals surface area (Å²) >= 11 is 13.4. The molecule has 3 aromatic rings. The number of aryl methyl sites for hydroxylation is 2. The quantitative estimate of drug-likeness (QED) is 0.289. The number of carbonyl (C=O) groups excluding carboxylic acids is 2. The molecule has 2 aromatic carbocycles. The minimum Gasteiger partial charge on any atom is -0.342 e. The highest BCUT2D eigenvalue weighted by Gasteiger charge is 2.26. The van der Waals surface area contributed by atoms with Crippen LogP contribution in [0.4, 0.5) is 5.69 Å². The van der Waals surface area contributed by atoms with Crippen molar-refractivity contribution in [2.45, 2.75) is 58.8 Å². The Kier molecular flexibility index (Phi) is 9.82. The van der Waals surface area contributed by atoms with Gasteiger partial charge in [-0.05, 0) is 55.5 Å². The molecule has 1 atom stereocenters. The van der Waals surface area contributed by atoms with Crippen LogP contribution in [-0.4, -0.2) is 32.3 Å². The lowest BCUT2D eigenvalue weighted by Crippen LogP contribution is -2.33. The highest BCUT2D eigenvalue weighted by Crippen LogP contribution is 2.27. The standard InChI is InChI=1S/C26H31Cl2N5O2S/c1-6-17-10-8-9-16(5)23(17)29-21(34)14-36-26-32-31-24(33(26)7-2)22(15(3)4)30-25(35)18-11-12-19(27)20(28)13-18/h8-13,15,22H,6-7,14H2,1-5H3,(H,29,34)(H,30,35)/t22-/m1/s1. The van der Waals surface area contributed by atoms with E-state index in [4.69, 9.17) is 23.2 Å². The topological polar surface area (TPSA) is 88.9 Å². The summed E-state index contributed by atoms with van der Waals surface area (Å²) < 4.78 is 1.93. The molecular formula is C26H31Cl2N5O2S. The van der Waals surface area contributed by atoms with Crippen molar-refractivity contribution in [3.8, 4) is 0 Å². The van der Waals surface area contributed by atoms with Gasteiger partial charge in [-0.15, -0.1) is 10.2 Å². The third-order valence-corrected chi connectivity index (χ3v) is 7.52. The Morgan fingerprint density at radius 2 is 1.83 bits per heavy atom. The average Bonchev–Trinajstić information content (AvgIpc) is 3.26. The molecule has 0 saturated carbocycles. The summed E-state index contributed by atoms with van der Waals surface area (Å²) in [6.45, 7) is 10.6. The Labute approximate surface area is 226 Å². The van der Waals surface area contributed by atoms with Gasteiger partial charge in [-0.3, -0.25) is 9.59 Å². The zero-order valence-electron chi connectivity index (χ0n) is 21.1. The number of anilines is 1. The minimum atomic E-state index is -0.387. The van der Waals surface area contributed by atoms with Gasteiger partial charge in [-0.2, -0.15) is 0 Å². The lowest BCUT2D eigenvalue weighted by atomic mass is 10.0. The number of hydrogen-bond acceptors (Lipinski definition) is 5. The van der Waals surface area contributed by atoms with Crippen molar-refractivity contribution in [3.05, 3.63) is 69.0 Å². The normalized spacial score (nSPS) is 12.0. The molecule has 10 heteroatoms. The summed E-state index contributed by atoms with van der Waals surface area (Å²) in [5, 5.41) is 16.1. The van der Waals surface area contributed by atoms with Gasteiger partial charge >= 0.3 is 0 Å². The monoisotopic (exact) mass is 547 g/mol. The van der Waals surface area contributed by atoms with Crippen molar-refractivity contribution in [2.75, 3.05) is 11.1 Å². The molecule has 2 amide bonds. The van der Waals surface area contributed by atoms with E-state index in [-0.39, 0.29) is 29.5 Å². The van der Waals surface area contributed by atoms with Crippen LogP contribution in [0, 0.1) is 12.8 Å². The first-order chi connectivity index (χ1) is 17.2. The molecule has 0 spiro atoms. The zero-order valence-corrected chi connectivity index (χ0v) is 23.4. The Morgan fingerprint density at radius 3 is 2.47 bits per heavy atom. The molecule has 0 saturated heterocycles. The lowest BCUT2D eigenvalue weighted by Gasteiger charge is -2.22. The maximum Gasteiger partial charge on any atom is 0.251 e. The van der Waals surface area contributed by atoms with Gasteiger partial charge in [-0.1, -0.05) is 73.9 Å². The molecule has 0 radical (unpaired) electrons. The first-order valence-corrected chi connectivity index (χ1v) is 13.6. The summed E-state index contributed by atoms with van der Waals surface area (Å²) in [6.07, 6.45) is 0.836. The van der Waals surface area contributed by atoms with Gasteiger partial charge in [0.15, 0.2) is 11.0 Å². The van der Waals surface area contributed by atoms with Gasteiger partial charge in [0.2, 0.25) is 5.91 Å². The molecule has 7 nitrogen and oxygen atoms in total. The molecule has 0 aliphatic carbocycles. The summed E-state index contributed by atoms with van der Waals surface area (Å²) in [4.78, 5) is 25.7. The van der Waals surface area contributed by atoms with E-state index in [0.717, 1.165) is 23.2 Å². The smallest absolute Gasteiger partial charge is 0.251 e. The molecule has 0 aliphatic rings. The molecule has 0 bridgehead atoms. The van der Waals surface area contributed by atoms with Crippen LogP contribution in [0.25, 0.3) is 0 Å². The van der Waals surface area contributed by atoms with Gasteiger partial charge in [0.05, 0.1) is 21.8 Å². The van der Waals surface area contributed by atoms with Crippen LogP contribution in [0.3, 0.4) is 0 Å². The Morgan fingerprint density at radius 1 is 1.08 bits per heavy atom. The predicted molar refractivity (Wildman–Crippen MR) is 147 cm³/mol. The van der Waals surface area contributed by atoms with Gasteiger partial charge in [0.1, 0.15) is 0 Å². The number of hydrogen-bond donors (Lipinski definition) is 2. The molecular weight excluding hydrogens is 517 g/mol. The van der Waals surface area contributed by atoms with E-state index in [9.17, 15) is 9.59 Å². The number of aromatic nitrogens is 3. The van der Waals surface area contributed by atoms with Crippen LogP contribution in [0.1, 0.15) is 61.0 Å². The van der Waals surface area contributed by atoms with Crippen molar-refractivity contribution in [1.82, 2.24) is 20.1 Å². The highest BCUT2D eigenvalue weighted by atomic mass is 35.5. The number of amides is 2. The van der Waals surface area contributed by atoms with Crippen LogP contribution in [0.5, 0.6) is 0 Å². The second kappa shape index (κ2) is 12.6. The van der Waals surface area contributed by atoms with Crippen LogP contribution in [-0.2, 0) is 17.8 Å². The second-order valence-corrected chi connectivity index (χ2v) is 10.5. The second-order valence-electron chi connectivity index (χ2n) is 8.71. The third-order valence-electron chi connectivity index (χ3n) is 5.81. The molecule has 0 unspecified atom stereocenters. The summed E-state index contributed by atoms with van der Waals surface area (Å²) in [7, 11) is 0. The van der Waals surface area contributed by atoms with E-state index in [1.807, 2.05) is 50.5 Å². The van der Waals surface area contributed by atoms with Crippen LogP contribution in [0.15, 0.2) is 41.6 Å². The van der Waals surface area contributed by atoms with E-state index in [1.165, 1.54) is 11.8 Å². The van der Waals surface area contributed by atoms with E-state index in [0.29, 0.717) is 33.1 Å². The van der Waals surface area contributed by atoms with Crippen molar-refractivity contribution >= 4 is 52.5 Å². The molecule has 1 heterocycles. The van der Waals surface area contributed by atoms with E-state index >= 15 is 0 Å². The van der Waals surface area contributed by atoms with E-state index < -0.39 is 0 Å². The molecule has 192 valence electrons. The largest absolute Gasteiger partial charge is 0.342 e. The first-order valence-electron chi connectivity index (χ1n) is 11.9. The molecule has 0 fully saturated rings. The van der Waals surface area contributed by atoms with Crippen LogP contribution < -0.4 is 10.6 Å². The van der Waals surface area contributed by atoms with E-state index in [1.54, 1.807) is 18.2 Å². The first kappa shape index (κ1) is 28.0. The fourth-order valence-corrected chi connectivity index (χ4v) is 4.94. The van der Waals surface area contributed by atoms with Gasteiger partial charge in [-0.25, -0.2) is 0 Å². The number of benzene rings is 2. The SMILES string of the molecule is CCc1cccc(C)c1NC(=O)CSc1nnc([C@H](NC(=O)c2ccc(Cl)c(Cl)c2)C(C)C)n1CC. The molecule has 3 rings (SSSR count). The number of thioether (sulfide) groups is 1. The Hall–Kier alpha value is -2.55. The predicted octanol–water partition coefficient (Wildman–Crippen LogP) is 6.33. The fourth-order valence-electron chi connectivity index (χ4n) is 3.83. The molecule has 1 aromatic heterocycles. The highest BCUT2D eigenvalue weighted by molar-refractivity contribution is 7.99. The zero-order chi connectivity index (χ0) is 26.4. The van der Waals surface area contributed by atoms with Crippen molar-refractivity contribution in [1.29, 1.82) is 0 Å². The summed E-state index contributed by atoms with van der Waals surface area (Å²) in [5.41, 5.74) is 3.41. The fraction of sp³-hybridized carbons (Fsp3) is 0.385. The number of nitrogens with one attached hydrogen (secondary N) is 2. The van der Waals surface area contributed by atoms with E-state index in [2.05, 4.69) is 27.8 Å². The number of rotatable bonds is 10. The third kappa shape index (κ3) is 6.60. The maximum atomic E-state index is 12.9. The van der Waals surface area contributed by atoms with Crippen molar-refractivity contribution in [2.24, 2.45) is 5.92 Å².